The first-order valence-electron chi connectivity index (χ1n) is 9.98. The van der Waals surface area contributed by atoms with Crippen molar-refractivity contribution in [3.8, 4) is 5.69 Å². The molecule has 0 spiro atoms. The molecule has 148 valence electrons. The molecule has 0 radical (unpaired) electrons. The molecule has 1 saturated heterocycles. The van der Waals surface area contributed by atoms with Gasteiger partial charge in [-0.1, -0.05) is 36.6 Å². The van der Waals surface area contributed by atoms with E-state index in [0.29, 0.717) is 49.1 Å². The number of para-hydroxylation sites is 1. The third-order valence-corrected chi connectivity index (χ3v) is 6.11. The molecule has 7 heteroatoms. The Balaban J connectivity index is 1.34. The van der Waals surface area contributed by atoms with Crippen LogP contribution in [0.15, 0.2) is 36.7 Å². The van der Waals surface area contributed by atoms with Crippen molar-refractivity contribution in [3.63, 3.8) is 0 Å². The van der Waals surface area contributed by atoms with Gasteiger partial charge >= 0.3 is 0 Å². The standard InChI is InChI=1S/C21H25ClN4O2/c22-18-7-3-4-8-19(18)26-15-17(14-23-26)21(28)25-11-9-24(10-12-25)20(27)13-16-5-1-2-6-16/h3-4,7-8,14-16H,1-2,5-6,9-13H2. The minimum atomic E-state index is -0.0544. The predicted octanol–water partition coefficient (Wildman–Crippen LogP) is 3.39. The van der Waals surface area contributed by atoms with E-state index in [4.69, 9.17) is 11.6 Å². The van der Waals surface area contributed by atoms with E-state index in [1.54, 1.807) is 28.0 Å². The molecule has 0 atom stereocenters. The first-order chi connectivity index (χ1) is 13.6. The smallest absolute Gasteiger partial charge is 0.257 e. The fourth-order valence-corrected chi connectivity index (χ4v) is 4.36. The second kappa shape index (κ2) is 8.35. The summed E-state index contributed by atoms with van der Waals surface area (Å²) in [7, 11) is 0. The van der Waals surface area contributed by atoms with E-state index in [1.807, 2.05) is 23.1 Å². The third-order valence-electron chi connectivity index (χ3n) is 5.79. The number of carbonyl (C=O) groups is 2. The van der Waals surface area contributed by atoms with Gasteiger partial charge in [0.2, 0.25) is 5.91 Å². The van der Waals surface area contributed by atoms with Crippen molar-refractivity contribution in [3.05, 3.63) is 47.2 Å². The van der Waals surface area contributed by atoms with Crippen LogP contribution in [0.2, 0.25) is 5.02 Å². The summed E-state index contributed by atoms with van der Waals surface area (Å²) in [5.41, 5.74) is 1.27. The van der Waals surface area contributed by atoms with E-state index >= 15 is 0 Å². The minimum absolute atomic E-state index is 0.0544. The van der Waals surface area contributed by atoms with Crippen molar-refractivity contribution in [2.24, 2.45) is 5.92 Å². The maximum Gasteiger partial charge on any atom is 0.257 e. The molecule has 0 unspecified atom stereocenters. The molecular formula is C21H25ClN4O2. The number of hydrogen-bond acceptors (Lipinski definition) is 3. The molecule has 4 rings (SSSR count). The Labute approximate surface area is 170 Å². The summed E-state index contributed by atoms with van der Waals surface area (Å²) in [6.07, 6.45) is 8.81. The van der Waals surface area contributed by atoms with Crippen LogP contribution in [-0.2, 0) is 4.79 Å². The summed E-state index contributed by atoms with van der Waals surface area (Å²) in [6, 6.07) is 7.39. The zero-order valence-corrected chi connectivity index (χ0v) is 16.6. The summed E-state index contributed by atoms with van der Waals surface area (Å²) in [5.74, 6) is 0.745. The molecule has 2 heterocycles. The molecule has 28 heavy (non-hydrogen) atoms. The van der Waals surface area contributed by atoms with Crippen LogP contribution in [0.25, 0.3) is 5.69 Å². The Kier molecular flexibility index (Phi) is 5.67. The largest absolute Gasteiger partial charge is 0.339 e. The van der Waals surface area contributed by atoms with E-state index in [0.717, 1.165) is 5.69 Å². The average Bonchev–Trinajstić information content (AvgIpc) is 3.40. The van der Waals surface area contributed by atoms with E-state index in [9.17, 15) is 9.59 Å². The second-order valence-electron chi connectivity index (χ2n) is 7.65. The van der Waals surface area contributed by atoms with Crippen LogP contribution in [0.3, 0.4) is 0 Å². The number of benzene rings is 1. The molecule has 0 bridgehead atoms. The van der Waals surface area contributed by atoms with Gasteiger partial charge < -0.3 is 9.80 Å². The first kappa shape index (κ1) is 19.0. The lowest BCUT2D eigenvalue weighted by atomic mass is 10.0. The molecule has 2 fully saturated rings. The number of rotatable bonds is 4. The lowest BCUT2D eigenvalue weighted by Gasteiger charge is -2.35. The Bertz CT molecular complexity index is 852. The quantitative estimate of drug-likeness (QED) is 0.790. The van der Waals surface area contributed by atoms with Gasteiger partial charge in [0, 0.05) is 38.8 Å². The number of piperazine rings is 1. The topological polar surface area (TPSA) is 58.4 Å². The molecule has 1 aliphatic heterocycles. The number of aromatic nitrogens is 2. The zero-order chi connectivity index (χ0) is 19.5. The van der Waals surface area contributed by atoms with Gasteiger partial charge in [-0.2, -0.15) is 5.10 Å². The van der Waals surface area contributed by atoms with Crippen molar-refractivity contribution < 1.29 is 9.59 Å². The van der Waals surface area contributed by atoms with Gasteiger partial charge in [-0.15, -0.1) is 0 Å². The van der Waals surface area contributed by atoms with Gasteiger partial charge in [-0.25, -0.2) is 4.68 Å². The van der Waals surface area contributed by atoms with Crippen LogP contribution >= 0.6 is 11.6 Å². The Morgan fingerprint density at radius 1 is 1.04 bits per heavy atom. The summed E-state index contributed by atoms with van der Waals surface area (Å²) in [6.45, 7) is 2.34. The maximum absolute atomic E-state index is 12.8. The molecule has 1 aliphatic carbocycles. The molecule has 6 nitrogen and oxygen atoms in total. The summed E-state index contributed by atoms with van der Waals surface area (Å²) < 4.78 is 1.62. The normalized spacial score (nSPS) is 17.9. The van der Waals surface area contributed by atoms with Crippen LogP contribution in [0.1, 0.15) is 42.5 Å². The number of nitrogens with zero attached hydrogens (tertiary/aromatic N) is 4. The van der Waals surface area contributed by atoms with Crippen LogP contribution < -0.4 is 0 Å². The highest BCUT2D eigenvalue weighted by molar-refractivity contribution is 6.32. The molecule has 2 aliphatic rings. The van der Waals surface area contributed by atoms with Crippen LogP contribution in [0.5, 0.6) is 0 Å². The zero-order valence-electron chi connectivity index (χ0n) is 15.9. The van der Waals surface area contributed by atoms with Crippen molar-refractivity contribution >= 4 is 23.4 Å². The number of hydrogen-bond donors (Lipinski definition) is 0. The summed E-state index contributed by atoms with van der Waals surface area (Å²) >= 11 is 6.21. The predicted molar refractivity (Wildman–Crippen MR) is 108 cm³/mol. The second-order valence-corrected chi connectivity index (χ2v) is 8.06. The van der Waals surface area contributed by atoms with Gasteiger partial charge in [-0.05, 0) is 30.9 Å². The van der Waals surface area contributed by atoms with Gasteiger partial charge in [0.1, 0.15) is 0 Å². The average molecular weight is 401 g/mol. The highest BCUT2D eigenvalue weighted by Crippen LogP contribution is 2.28. The molecule has 1 aromatic heterocycles. The van der Waals surface area contributed by atoms with Gasteiger partial charge in [-0.3, -0.25) is 9.59 Å². The third kappa shape index (κ3) is 4.07. The van der Waals surface area contributed by atoms with E-state index in [1.165, 1.54) is 25.7 Å². The SMILES string of the molecule is O=C(CC1CCCC1)N1CCN(C(=O)c2cnn(-c3ccccc3Cl)c2)CC1. The van der Waals surface area contributed by atoms with Crippen molar-refractivity contribution in [1.29, 1.82) is 0 Å². The molecule has 1 saturated carbocycles. The fourth-order valence-electron chi connectivity index (χ4n) is 4.13. The number of amides is 2. The van der Waals surface area contributed by atoms with Crippen molar-refractivity contribution in [2.75, 3.05) is 26.2 Å². The van der Waals surface area contributed by atoms with Crippen molar-refractivity contribution in [1.82, 2.24) is 19.6 Å². The van der Waals surface area contributed by atoms with Crippen molar-refractivity contribution in [2.45, 2.75) is 32.1 Å². The van der Waals surface area contributed by atoms with Crippen LogP contribution in [0.4, 0.5) is 0 Å². The Hall–Kier alpha value is -2.34. The molecule has 1 aromatic carbocycles. The highest BCUT2D eigenvalue weighted by atomic mass is 35.5. The first-order valence-corrected chi connectivity index (χ1v) is 10.4. The van der Waals surface area contributed by atoms with Gasteiger partial charge in [0.15, 0.2) is 0 Å². The molecular weight excluding hydrogens is 376 g/mol. The minimum Gasteiger partial charge on any atom is -0.339 e. The van der Waals surface area contributed by atoms with E-state index < -0.39 is 0 Å². The van der Waals surface area contributed by atoms with Gasteiger partial charge in [0.05, 0.1) is 22.5 Å². The molecule has 2 aromatic rings. The fraction of sp³-hybridized carbons (Fsp3) is 0.476. The van der Waals surface area contributed by atoms with Gasteiger partial charge in [0.25, 0.3) is 5.91 Å². The maximum atomic E-state index is 12.8. The number of carbonyl (C=O) groups excluding carboxylic acids is 2. The van der Waals surface area contributed by atoms with Crippen LogP contribution in [-0.4, -0.2) is 57.6 Å². The Morgan fingerprint density at radius 2 is 1.71 bits per heavy atom. The number of halogens is 1. The molecule has 0 N–H and O–H groups in total. The lowest BCUT2D eigenvalue weighted by Crippen LogP contribution is -2.50. The lowest BCUT2D eigenvalue weighted by molar-refractivity contribution is -0.133. The van der Waals surface area contributed by atoms with E-state index in [2.05, 4.69) is 5.10 Å². The Morgan fingerprint density at radius 3 is 2.43 bits per heavy atom. The summed E-state index contributed by atoms with van der Waals surface area (Å²) in [5, 5.41) is 4.87. The van der Waals surface area contributed by atoms with Crippen LogP contribution in [0, 0.1) is 5.92 Å². The highest BCUT2D eigenvalue weighted by Gasteiger charge is 2.27. The molecule has 2 amide bonds. The summed E-state index contributed by atoms with van der Waals surface area (Å²) in [4.78, 5) is 29.0. The van der Waals surface area contributed by atoms with E-state index in [-0.39, 0.29) is 11.8 Å². The monoisotopic (exact) mass is 400 g/mol.